The number of carbonyl (C=O) groups is 1. The highest BCUT2D eigenvalue weighted by molar-refractivity contribution is 5.85. The summed E-state index contributed by atoms with van der Waals surface area (Å²) in [5, 5.41) is 3.09. The third-order valence-electron chi connectivity index (χ3n) is 4.55. The monoisotopic (exact) mass is 227 g/mol. The molecular weight excluding hydrogens is 202 g/mol. The van der Waals surface area contributed by atoms with E-state index in [2.05, 4.69) is 46.9 Å². The van der Waals surface area contributed by atoms with Crippen LogP contribution in [-0.2, 0) is 9.53 Å². The molecule has 0 aromatic rings. The van der Waals surface area contributed by atoms with Gasteiger partial charge in [-0.1, -0.05) is 13.8 Å². The van der Waals surface area contributed by atoms with Crippen LogP contribution in [0.1, 0.15) is 55.4 Å². The molecule has 1 fully saturated rings. The third kappa shape index (κ3) is 1.75. The fourth-order valence-electron chi connectivity index (χ4n) is 2.15. The molecule has 1 rings (SSSR count). The van der Waals surface area contributed by atoms with Gasteiger partial charge in [-0.15, -0.1) is 0 Å². The summed E-state index contributed by atoms with van der Waals surface area (Å²) in [6, 6.07) is 0. The van der Waals surface area contributed by atoms with Crippen molar-refractivity contribution >= 4 is 5.91 Å². The van der Waals surface area contributed by atoms with E-state index in [1.54, 1.807) is 0 Å². The smallest absolute Gasteiger partial charge is 0.252 e. The molecule has 1 aliphatic heterocycles. The number of carbonyl (C=O) groups excluding carboxylic acids is 1. The quantitative estimate of drug-likeness (QED) is 0.690. The van der Waals surface area contributed by atoms with Gasteiger partial charge in [0, 0.05) is 11.0 Å². The van der Waals surface area contributed by atoms with Crippen molar-refractivity contribution in [1.82, 2.24) is 5.32 Å². The van der Waals surface area contributed by atoms with E-state index in [1.165, 1.54) is 0 Å². The van der Waals surface area contributed by atoms with Gasteiger partial charge < -0.3 is 10.1 Å². The molecule has 0 unspecified atom stereocenters. The van der Waals surface area contributed by atoms with E-state index in [0.717, 1.165) is 0 Å². The van der Waals surface area contributed by atoms with Gasteiger partial charge in [0.15, 0.2) is 0 Å². The first-order valence-electron chi connectivity index (χ1n) is 5.86. The average molecular weight is 227 g/mol. The highest BCUT2D eigenvalue weighted by atomic mass is 16.5. The third-order valence-corrected chi connectivity index (χ3v) is 4.55. The Balaban J connectivity index is 3.31. The maximum absolute atomic E-state index is 12.1. The van der Waals surface area contributed by atoms with E-state index in [9.17, 15) is 4.79 Å². The van der Waals surface area contributed by atoms with Gasteiger partial charge in [-0.25, -0.2) is 0 Å². The van der Waals surface area contributed by atoms with Gasteiger partial charge in [-0.3, -0.25) is 4.79 Å². The minimum atomic E-state index is -0.783. The summed E-state index contributed by atoms with van der Waals surface area (Å²) in [5.74, 6) is -0.0452. The first-order chi connectivity index (χ1) is 6.83. The van der Waals surface area contributed by atoms with Crippen molar-refractivity contribution in [3.63, 3.8) is 0 Å². The van der Waals surface area contributed by atoms with Crippen LogP contribution in [0.4, 0.5) is 0 Å². The van der Waals surface area contributed by atoms with Gasteiger partial charge >= 0.3 is 0 Å². The summed E-state index contributed by atoms with van der Waals surface area (Å²) in [7, 11) is 0. The molecule has 0 bridgehead atoms. The molecule has 0 atom stereocenters. The Morgan fingerprint density at radius 2 is 1.38 bits per heavy atom. The normalized spacial score (nSPS) is 30.4. The average Bonchev–Trinajstić information content (AvgIpc) is 2.01. The van der Waals surface area contributed by atoms with Crippen LogP contribution in [0.2, 0.25) is 0 Å². The van der Waals surface area contributed by atoms with Gasteiger partial charge in [0.05, 0.1) is 5.60 Å². The summed E-state index contributed by atoms with van der Waals surface area (Å²) >= 11 is 0. The van der Waals surface area contributed by atoms with Crippen molar-refractivity contribution in [2.24, 2.45) is 5.41 Å². The lowest BCUT2D eigenvalue weighted by atomic mass is 9.65. The van der Waals surface area contributed by atoms with Crippen LogP contribution in [-0.4, -0.2) is 22.6 Å². The minimum Gasteiger partial charge on any atom is -0.359 e. The van der Waals surface area contributed by atoms with E-state index >= 15 is 0 Å². The lowest BCUT2D eigenvalue weighted by Gasteiger charge is -2.49. The van der Waals surface area contributed by atoms with E-state index in [1.807, 2.05) is 13.8 Å². The maximum Gasteiger partial charge on any atom is 0.252 e. The van der Waals surface area contributed by atoms with E-state index < -0.39 is 5.60 Å². The van der Waals surface area contributed by atoms with Crippen molar-refractivity contribution in [1.29, 1.82) is 0 Å². The second-order valence-corrected chi connectivity index (χ2v) is 6.83. The number of ether oxygens (including phenoxy) is 1. The van der Waals surface area contributed by atoms with Crippen LogP contribution in [0.3, 0.4) is 0 Å². The fourth-order valence-corrected chi connectivity index (χ4v) is 2.15. The molecule has 1 amide bonds. The van der Waals surface area contributed by atoms with Crippen molar-refractivity contribution in [3.05, 3.63) is 0 Å². The van der Waals surface area contributed by atoms with Crippen molar-refractivity contribution in [2.75, 3.05) is 0 Å². The predicted octanol–water partition coefficient (Wildman–Crippen LogP) is 2.49. The molecule has 0 saturated carbocycles. The highest BCUT2D eigenvalue weighted by Crippen LogP contribution is 2.46. The van der Waals surface area contributed by atoms with Crippen LogP contribution in [0, 0.1) is 5.41 Å². The molecule has 1 saturated heterocycles. The van der Waals surface area contributed by atoms with Crippen molar-refractivity contribution < 1.29 is 9.53 Å². The Bertz CT molecular complexity index is 314. The molecule has 94 valence electrons. The Morgan fingerprint density at radius 1 is 0.938 bits per heavy atom. The Labute approximate surface area is 98.9 Å². The second-order valence-electron chi connectivity index (χ2n) is 6.83. The number of hydrogen-bond donors (Lipinski definition) is 1. The topological polar surface area (TPSA) is 38.3 Å². The molecule has 0 spiro atoms. The molecular formula is C13H25NO2. The standard InChI is InChI=1S/C13H25NO2/c1-10(2)9(15)14-12(5,6)11(3,4)13(7,8)16-10/h1-8H3,(H,14,15). The number of hydrogen-bond acceptors (Lipinski definition) is 2. The molecule has 0 radical (unpaired) electrons. The lowest BCUT2D eigenvalue weighted by Crippen LogP contribution is -2.59. The van der Waals surface area contributed by atoms with Crippen LogP contribution in [0.5, 0.6) is 0 Å². The summed E-state index contributed by atoms with van der Waals surface area (Å²) in [4.78, 5) is 12.1. The van der Waals surface area contributed by atoms with E-state index in [0.29, 0.717) is 0 Å². The Kier molecular flexibility index (Phi) is 2.72. The summed E-state index contributed by atoms with van der Waals surface area (Å²) in [6.45, 7) is 16.1. The van der Waals surface area contributed by atoms with Gasteiger partial charge in [0.1, 0.15) is 5.60 Å². The van der Waals surface area contributed by atoms with Crippen LogP contribution >= 0.6 is 0 Å². The number of amides is 1. The maximum atomic E-state index is 12.1. The molecule has 16 heavy (non-hydrogen) atoms. The van der Waals surface area contributed by atoms with Crippen molar-refractivity contribution in [2.45, 2.75) is 72.1 Å². The number of rotatable bonds is 0. The molecule has 3 heteroatoms. The summed E-state index contributed by atoms with van der Waals surface area (Å²) in [5.41, 5.74) is -1.63. The molecule has 0 aliphatic carbocycles. The molecule has 3 nitrogen and oxygen atoms in total. The van der Waals surface area contributed by atoms with Crippen LogP contribution < -0.4 is 5.32 Å². The highest BCUT2D eigenvalue weighted by Gasteiger charge is 2.56. The lowest BCUT2D eigenvalue weighted by molar-refractivity contribution is -0.178. The van der Waals surface area contributed by atoms with Crippen LogP contribution in [0.25, 0.3) is 0 Å². The summed E-state index contributed by atoms with van der Waals surface area (Å²) < 4.78 is 6.04. The van der Waals surface area contributed by atoms with E-state index in [4.69, 9.17) is 4.74 Å². The first-order valence-corrected chi connectivity index (χ1v) is 5.86. The Morgan fingerprint density at radius 3 is 1.81 bits per heavy atom. The molecule has 0 aromatic heterocycles. The van der Waals surface area contributed by atoms with Crippen LogP contribution in [0.15, 0.2) is 0 Å². The zero-order valence-electron chi connectivity index (χ0n) is 11.8. The zero-order chi connectivity index (χ0) is 13.0. The fraction of sp³-hybridized carbons (Fsp3) is 0.923. The predicted molar refractivity (Wildman–Crippen MR) is 65.2 cm³/mol. The minimum absolute atomic E-state index is 0.0452. The Hall–Kier alpha value is -0.570. The summed E-state index contributed by atoms with van der Waals surface area (Å²) in [6.07, 6.45) is 0. The SMILES string of the molecule is CC1(C)OC(C)(C)C(C)(C)C(C)(C)NC1=O. The molecule has 1 heterocycles. The van der Waals surface area contributed by atoms with Gasteiger partial charge in [-0.2, -0.15) is 0 Å². The molecule has 1 N–H and O–H groups in total. The van der Waals surface area contributed by atoms with Gasteiger partial charge in [-0.05, 0) is 41.5 Å². The van der Waals surface area contributed by atoms with Gasteiger partial charge in [0.2, 0.25) is 0 Å². The zero-order valence-corrected chi connectivity index (χ0v) is 11.8. The van der Waals surface area contributed by atoms with E-state index in [-0.39, 0.29) is 22.5 Å². The van der Waals surface area contributed by atoms with Crippen molar-refractivity contribution in [3.8, 4) is 0 Å². The largest absolute Gasteiger partial charge is 0.359 e. The number of nitrogens with one attached hydrogen (secondary N) is 1. The van der Waals surface area contributed by atoms with Gasteiger partial charge in [0.25, 0.3) is 5.91 Å². The molecule has 1 aliphatic rings. The molecule has 0 aromatic carbocycles. The second kappa shape index (κ2) is 3.22. The first kappa shape index (κ1) is 13.5.